The lowest BCUT2D eigenvalue weighted by atomic mass is 10.2. The molecule has 0 rings (SSSR count). The SMILES string of the molecule is C[C@@H](O)C/C=C\CN(C(=O)OC(C)(C)C)C(=O)OC(C)(C)C. The van der Waals surface area contributed by atoms with Crippen molar-refractivity contribution in [3.63, 3.8) is 0 Å². The quantitative estimate of drug-likeness (QED) is 0.804. The van der Waals surface area contributed by atoms with Gasteiger partial charge in [0.05, 0.1) is 12.6 Å². The molecule has 0 aliphatic rings. The molecule has 6 nitrogen and oxygen atoms in total. The first-order chi connectivity index (χ1) is 9.82. The van der Waals surface area contributed by atoms with Crippen LogP contribution in [0.15, 0.2) is 12.2 Å². The predicted molar refractivity (Wildman–Crippen MR) is 84.6 cm³/mol. The van der Waals surface area contributed by atoms with E-state index in [1.165, 1.54) is 0 Å². The highest BCUT2D eigenvalue weighted by Gasteiger charge is 2.30. The van der Waals surface area contributed by atoms with Crippen LogP contribution in [0.2, 0.25) is 0 Å². The van der Waals surface area contributed by atoms with Gasteiger partial charge in [-0.3, -0.25) is 0 Å². The molecule has 0 saturated carbocycles. The molecule has 1 N–H and O–H groups in total. The molecule has 1 atom stereocenters. The van der Waals surface area contributed by atoms with E-state index >= 15 is 0 Å². The Bertz CT molecular complexity index is 374. The van der Waals surface area contributed by atoms with Crippen molar-refractivity contribution in [2.45, 2.75) is 72.2 Å². The van der Waals surface area contributed by atoms with Gasteiger partial charge in [-0.15, -0.1) is 0 Å². The minimum Gasteiger partial charge on any atom is -0.443 e. The fourth-order valence-electron chi connectivity index (χ4n) is 1.33. The van der Waals surface area contributed by atoms with Gasteiger partial charge in [-0.25, -0.2) is 14.5 Å². The van der Waals surface area contributed by atoms with Crippen LogP contribution < -0.4 is 0 Å². The summed E-state index contributed by atoms with van der Waals surface area (Å²) < 4.78 is 10.4. The second-order valence-electron chi connectivity index (χ2n) is 7.13. The summed E-state index contributed by atoms with van der Waals surface area (Å²) in [6.07, 6.45) is 1.77. The van der Waals surface area contributed by atoms with E-state index in [1.807, 2.05) is 0 Å². The van der Waals surface area contributed by atoms with Gasteiger partial charge >= 0.3 is 12.2 Å². The highest BCUT2D eigenvalue weighted by molar-refractivity contribution is 5.88. The Kier molecular flexibility index (Phi) is 7.59. The number of imide groups is 1. The number of amides is 2. The minimum absolute atomic E-state index is 0.0244. The van der Waals surface area contributed by atoms with Gasteiger partial charge < -0.3 is 14.6 Å². The summed E-state index contributed by atoms with van der Waals surface area (Å²) in [6.45, 7) is 12.0. The normalized spacial score (nSPS) is 13.8. The molecule has 0 aliphatic carbocycles. The monoisotopic (exact) mass is 315 g/mol. The van der Waals surface area contributed by atoms with E-state index in [-0.39, 0.29) is 6.54 Å². The molecular formula is C16H29NO5. The zero-order chi connectivity index (χ0) is 17.6. The molecule has 0 aromatic heterocycles. The van der Waals surface area contributed by atoms with Gasteiger partial charge in [0, 0.05) is 0 Å². The molecule has 0 unspecified atom stereocenters. The van der Waals surface area contributed by atoms with E-state index in [4.69, 9.17) is 9.47 Å². The summed E-state index contributed by atoms with van der Waals surface area (Å²) in [5.41, 5.74) is -1.42. The molecule has 0 spiro atoms. The Morgan fingerprint density at radius 3 is 1.73 bits per heavy atom. The second-order valence-corrected chi connectivity index (χ2v) is 7.13. The molecule has 0 saturated heterocycles. The number of hydrogen-bond acceptors (Lipinski definition) is 5. The zero-order valence-corrected chi connectivity index (χ0v) is 14.7. The summed E-state index contributed by atoms with van der Waals surface area (Å²) in [7, 11) is 0. The highest BCUT2D eigenvalue weighted by atomic mass is 16.6. The molecule has 0 radical (unpaired) electrons. The Morgan fingerprint density at radius 1 is 1.00 bits per heavy atom. The van der Waals surface area contributed by atoms with Crippen molar-refractivity contribution < 1.29 is 24.2 Å². The van der Waals surface area contributed by atoms with E-state index in [0.29, 0.717) is 6.42 Å². The first kappa shape index (κ1) is 20.4. The smallest absolute Gasteiger partial charge is 0.420 e. The van der Waals surface area contributed by atoms with E-state index in [1.54, 1.807) is 60.6 Å². The largest absolute Gasteiger partial charge is 0.443 e. The van der Waals surface area contributed by atoms with Crippen LogP contribution in [0.5, 0.6) is 0 Å². The molecule has 0 fully saturated rings. The zero-order valence-electron chi connectivity index (χ0n) is 14.7. The van der Waals surface area contributed by atoms with Crippen molar-refractivity contribution in [3.8, 4) is 0 Å². The third kappa shape index (κ3) is 10.2. The average molecular weight is 315 g/mol. The maximum absolute atomic E-state index is 12.1. The van der Waals surface area contributed by atoms with Crippen LogP contribution in [0.1, 0.15) is 54.9 Å². The summed E-state index contributed by atoms with van der Waals surface area (Å²) in [5.74, 6) is 0. The van der Waals surface area contributed by atoms with Crippen LogP contribution in [0.4, 0.5) is 9.59 Å². The maximum Gasteiger partial charge on any atom is 0.420 e. The summed E-state index contributed by atoms with van der Waals surface area (Å²) in [5, 5.41) is 9.19. The number of hydrogen-bond donors (Lipinski definition) is 1. The van der Waals surface area contributed by atoms with Crippen molar-refractivity contribution in [2.75, 3.05) is 6.54 Å². The predicted octanol–water partition coefficient (Wildman–Crippen LogP) is 3.49. The number of rotatable bonds is 4. The summed E-state index contributed by atoms with van der Waals surface area (Å²) >= 11 is 0. The van der Waals surface area contributed by atoms with Gasteiger partial charge in [0.25, 0.3) is 0 Å². The van der Waals surface area contributed by atoms with Gasteiger partial charge in [-0.1, -0.05) is 12.2 Å². The lowest BCUT2D eigenvalue weighted by Crippen LogP contribution is -2.43. The van der Waals surface area contributed by atoms with Gasteiger partial charge in [0.15, 0.2) is 0 Å². The van der Waals surface area contributed by atoms with Gasteiger partial charge in [0.2, 0.25) is 0 Å². The Hall–Kier alpha value is -1.56. The second kappa shape index (κ2) is 8.17. The van der Waals surface area contributed by atoms with Crippen LogP contribution in [-0.2, 0) is 9.47 Å². The van der Waals surface area contributed by atoms with Gasteiger partial charge in [-0.2, -0.15) is 0 Å². The van der Waals surface area contributed by atoms with Gasteiger partial charge in [0.1, 0.15) is 11.2 Å². The third-order valence-electron chi connectivity index (χ3n) is 2.16. The van der Waals surface area contributed by atoms with Crippen molar-refractivity contribution >= 4 is 12.2 Å². The van der Waals surface area contributed by atoms with Crippen LogP contribution in [-0.4, -0.2) is 46.0 Å². The number of aliphatic hydroxyl groups is 1. The molecule has 2 amide bonds. The number of carbonyl (C=O) groups excluding carboxylic acids is 2. The molecule has 0 aromatic rings. The molecule has 0 bridgehead atoms. The summed E-state index contributed by atoms with van der Waals surface area (Å²) in [6, 6.07) is 0. The summed E-state index contributed by atoms with van der Waals surface area (Å²) in [4.78, 5) is 25.2. The molecular weight excluding hydrogens is 286 g/mol. The Morgan fingerprint density at radius 2 is 1.41 bits per heavy atom. The molecule has 22 heavy (non-hydrogen) atoms. The van der Waals surface area contributed by atoms with Crippen molar-refractivity contribution in [1.82, 2.24) is 4.90 Å². The van der Waals surface area contributed by atoms with Crippen LogP contribution >= 0.6 is 0 Å². The fraction of sp³-hybridized carbons (Fsp3) is 0.750. The molecule has 0 aliphatic heterocycles. The van der Waals surface area contributed by atoms with Crippen molar-refractivity contribution in [1.29, 1.82) is 0 Å². The Balaban J connectivity index is 4.94. The topological polar surface area (TPSA) is 76.1 Å². The molecule has 0 heterocycles. The number of nitrogens with zero attached hydrogens (tertiary/aromatic N) is 1. The fourth-order valence-corrected chi connectivity index (χ4v) is 1.33. The van der Waals surface area contributed by atoms with E-state index < -0.39 is 29.5 Å². The van der Waals surface area contributed by atoms with Crippen molar-refractivity contribution in [2.24, 2.45) is 0 Å². The van der Waals surface area contributed by atoms with E-state index in [0.717, 1.165) is 4.90 Å². The maximum atomic E-state index is 12.1. The lowest BCUT2D eigenvalue weighted by molar-refractivity contribution is 0.00373. The van der Waals surface area contributed by atoms with E-state index in [2.05, 4.69) is 0 Å². The van der Waals surface area contributed by atoms with Crippen LogP contribution in [0.25, 0.3) is 0 Å². The number of aliphatic hydroxyl groups excluding tert-OH is 1. The first-order valence-corrected chi connectivity index (χ1v) is 7.38. The molecule has 0 aromatic carbocycles. The minimum atomic E-state index is -0.761. The standard InChI is InChI=1S/C16H29NO5/c1-12(18)10-8-9-11-17(13(19)21-15(2,3)4)14(20)22-16(5,6)7/h8-9,12,18H,10-11H2,1-7H3/b9-8-/t12-/m1/s1. The third-order valence-corrected chi connectivity index (χ3v) is 2.16. The highest BCUT2D eigenvalue weighted by Crippen LogP contribution is 2.14. The first-order valence-electron chi connectivity index (χ1n) is 7.38. The average Bonchev–Trinajstić information content (AvgIpc) is 2.22. The molecule has 128 valence electrons. The van der Waals surface area contributed by atoms with E-state index in [9.17, 15) is 14.7 Å². The van der Waals surface area contributed by atoms with Crippen LogP contribution in [0, 0.1) is 0 Å². The lowest BCUT2D eigenvalue weighted by Gasteiger charge is -2.28. The number of carbonyl (C=O) groups is 2. The number of ether oxygens (including phenoxy) is 2. The van der Waals surface area contributed by atoms with Crippen molar-refractivity contribution in [3.05, 3.63) is 12.2 Å². The van der Waals surface area contributed by atoms with Gasteiger partial charge in [-0.05, 0) is 54.9 Å². The Labute approximate surface area is 133 Å². The molecule has 6 heteroatoms. The van der Waals surface area contributed by atoms with Crippen LogP contribution in [0.3, 0.4) is 0 Å².